The molecule has 39 heavy (non-hydrogen) atoms. The molecule has 2 saturated heterocycles. The number of nitrogens with zero attached hydrogens (tertiary/aromatic N) is 2. The van der Waals surface area contributed by atoms with Gasteiger partial charge in [-0.05, 0) is 72.5 Å². The van der Waals surface area contributed by atoms with E-state index in [2.05, 4.69) is 5.32 Å². The summed E-state index contributed by atoms with van der Waals surface area (Å²) in [4.78, 5) is 27.5. The molecule has 2 aliphatic rings. The number of carbonyl (C=O) groups excluding carboxylic acids is 2. The molecule has 2 heterocycles. The molecule has 2 fully saturated rings. The fraction of sp³-hybridized carbons (Fsp3) is 0.310. The Kier molecular flexibility index (Phi) is 8.61. The lowest BCUT2D eigenvalue weighted by atomic mass is 10.1. The summed E-state index contributed by atoms with van der Waals surface area (Å²) in [5, 5.41) is 3.36. The fourth-order valence-corrected chi connectivity index (χ4v) is 7.66. The van der Waals surface area contributed by atoms with Crippen LogP contribution in [0.5, 0.6) is 0 Å². The van der Waals surface area contributed by atoms with Gasteiger partial charge in [-0.15, -0.1) is 11.8 Å². The Bertz CT molecular complexity index is 1420. The average molecular weight is 584 g/mol. The lowest BCUT2D eigenvalue weighted by Gasteiger charge is -2.24. The van der Waals surface area contributed by atoms with E-state index in [1.807, 2.05) is 41.3 Å². The van der Waals surface area contributed by atoms with Crippen LogP contribution in [0.3, 0.4) is 0 Å². The minimum atomic E-state index is -3.54. The SMILES string of the molecule is O=C(Nc1ccc(S(=O)(=O)N2CCCCCC2)cc1)c1ccc([C@H]2SCC(=O)N2Cc2ccc(Cl)cc2)cc1. The number of benzene rings is 3. The summed E-state index contributed by atoms with van der Waals surface area (Å²) in [7, 11) is -3.54. The van der Waals surface area contributed by atoms with Gasteiger partial charge in [-0.2, -0.15) is 4.31 Å². The molecule has 0 bridgehead atoms. The molecule has 0 spiro atoms. The summed E-state index contributed by atoms with van der Waals surface area (Å²) in [5.41, 5.74) is 2.93. The summed E-state index contributed by atoms with van der Waals surface area (Å²) in [6.07, 6.45) is 3.86. The van der Waals surface area contributed by atoms with Crippen LogP contribution in [0.4, 0.5) is 5.69 Å². The van der Waals surface area contributed by atoms with Gasteiger partial charge in [-0.1, -0.05) is 48.7 Å². The van der Waals surface area contributed by atoms with E-state index in [4.69, 9.17) is 11.6 Å². The first-order valence-corrected chi connectivity index (χ1v) is 15.8. The molecule has 1 atom stereocenters. The van der Waals surface area contributed by atoms with Gasteiger partial charge in [0.25, 0.3) is 5.91 Å². The zero-order valence-electron chi connectivity index (χ0n) is 21.4. The highest BCUT2D eigenvalue weighted by molar-refractivity contribution is 8.00. The van der Waals surface area contributed by atoms with E-state index in [-0.39, 0.29) is 22.1 Å². The van der Waals surface area contributed by atoms with Gasteiger partial charge in [0.1, 0.15) is 5.37 Å². The standard InChI is InChI=1S/C29H30ClN3O4S2/c30-24-11-5-21(6-12-24)19-33-27(34)20-38-29(33)23-9-7-22(8-10-23)28(35)31-25-13-15-26(16-14-25)39(36,37)32-17-3-1-2-4-18-32/h5-16,29H,1-4,17-20H2,(H,31,35)/t29-/m1/s1. The molecule has 0 radical (unpaired) electrons. The zero-order chi connectivity index (χ0) is 27.4. The third-order valence-corrected chi connectivity index (χ3v) is 10.4. The second-order valence-electron chi connectivity index (χ2n) is 9.73. The monoisotopic (exact) mass is 583 g/mol. The number of sulfonamides is 1. The van der Waals surface area contributed by atoms with E-state index >= 15 is 0 Å². The van der Waals surface area contributed by atoms with Crippen molar-refractivity contribution in [1.82, 2.24) is 9.21 Å². The Balaban J connectivity index is 1.23. The van der Waals surface area contributed by atoms with Crippen molar-refractivity contribution < 1.29 is 18.0 Å². The Morgan fingerprint density at radius 3 is 2.18 bits per heavy atom. The Hall–Kier alpha value is -2.85. The Morgan fingerprint density at radius 2 is 1.54 bits per heavy atom. The molecule has 2 amide bonds. The van der Waals surface area contributed by atoms with Gasteiger partial charge < -0.3 is 10.2 Å². The number of hydrogen-bond acceptors (Lipinski definition) is 5. The van der Waals surface area contributed by atoms with Crippen molar-refractivity contribution in [2.24, 2.45) is 0 Å². The van der Waals surface area contributed by atoms with Crippen molar-refractivity contribution in [3.63, 3.8) is 0 Å². The molecule has 1 N–H and O–H groups in total. The highest BCUT2D eigenvalue weighted by Crippen LogP contribution is 2.39. The number of nitrogens with one attached hydrogen (secondary N) is 1. The zero-order valence-corrected chi connectivity index (χ0v) is 23.8. The molecule has 204 valence electrons. The first-order valence-electron chi connectivity index (χ1n) is 13.0. The summed E-state index contributed by atoms with van der Waals surface area (Å²) >= 11 is 7.55. The van der Waals surface area contributed by atoms with Crippen LogP contribution < -0.4 is 5.32 Å². The predicted molar refractivity (Wildman–Crippen MR) is 155 cm³/mol. The first kappa shape index (κ1) is 27.7. The number of hydrogen-bond donors (Lipinski definition) is 1. The maximum Gasteiger partial charge on any atom is 0.255 e. The molecule has 3 aromatic carbocycles. The van der Waals surface area contributed by atoms with Gasteiger partial charge in [-0.25, -0.2) is 8.42 Å². The predicted octanol–water partition coefficient (Wildman–Crippen LogP) is 5.93. The van der Waals surface area contributed by atoms with Crippen LogP contribution in [0.1, 0.15) is 52.5 Å². The van der Waals surface area contributed by atoms with Gasteiger partial charge in [-0.3, -0.25) is 9.59 Å². The number of anilines is 1. The molecule has 2 aliphatic heterocycles. The highest BCUT2D eigenvalue weighted by Gasteiger charge is 2.33. The van der Waals surface area contributed by atoms with E-state index in [1.54, 1.807) is 52.5 Å². The number of halogens is 1. The Labute approximate surface area is 238 Å². The van der Waals surface area contributed by atoms with Gasteiger partial charge in [0, 0.05) is 35.9 Å². The van der Waals surface area contributed by atoms with Gasteiger partial charge >= 0.3 is 0 Å². The second-order valence-corrected chi connectivity index (χ2v) is 13.2. The molecule has 10 heteroatoms. The number of thioether (sulfide) groups is 1. The molecular formula is C29H30ClN3O4S2. The molecule has 5 rings (SSSR count). The van der Waals surface area contributed by atoms with E-state index in [0.717, 1.165) is 36.8 Å². The lowest BCUT2D eigenvalue weighted by molar-refractivity contribution is -0.128. The molecule has 0 aliphatic carbocycles. The third kappa shape index (κ3) is 6.49. The van der Waals surface area contributed by atoms with Crippen molar-refractivity contribution in [3.05, 3.63) is 94.5 Å². The fourth-order valence-electron chi connectivity index (χ4n) is 4.83. The average Bonchev–Trinajstić information content (AvgIpc) is 3.12. The number of amides is 2. The quantitative estimate of drug-likeness (QED) is 0.372. The first-order chi connectivity index (χ1) is 18.8. The minimum absolute atomic E-state index is 0.0723. The van der Waals surface area contributed by atoms with E-state index in [1.165, 1.54) is 0 Å². The maximum atomic E-state index is 13.0. The van der Waals surface area contributed by atoms with Crippen LogP contribution in [0.15, 0.2) is 77.7 Å². The largest absolute Gasteiger partial charge is 0.322 e. The Morgan fingerprint density at radius 1 is 0.897 bits per heavy atom. The van der Waals surface area contributed by atoms with Crippen LogP contribution >= 0.6 is 23.4 Å². The van der Waals surface area contributed by atoms with E-state index < -0.39 is 10.0 Å². The highest BCUT2D eigenvalue weighted by atomic mass is 35.5. The molecule has 7 nitrogen and oxygen atoms in total. The van der Waals surface area contributed by atoms with E-state index in [9.17, 15) is 18.0 Å². The van der Waals surface area contributed by atoms with Crippen molar-refractivity contribution >= 4 is 50.9 Å². The number of carbonyl (C=O) groups is 2. The molecule has 0 saturated carbocycles. The second kappa shape index (κ2) is 12.1. The van der Waals surface area contributed by atoms with Crippen LogP contribution in [-0.2, 0) is 21.4 Å². The van der Waals surface area contributed by atoms with Crippen molar-refractivity contribution in [3.8, 4) is 0 Å². The molecule has 3 aromatic rings. The maximum absolute atomic E-state index is 13.0. The van der Waals surface area contributed by atoms with Gasteiger partial charge in [0.05, 0.1) is 10.6 Å². The minimum Gasteiger partial charge on any atom is -0.322 e. The van der Waals surface area contributed by atoms with Gasteiger partial charge in [0.2, 0.25) is 15.9 Å². The summed E-state index contributed by atoms with van der Waals surface area (Å²) in [5.74, 6) is 0.185. The smallest absolute Gasteiger partial charge is 0.255 e. The summed E-state index contributed by atoms with van der Waals surface area (Å²) in [6.45, 7) is 1.58. The molecular weight excluding hydrogens is 554 g/mol. The van der Waals surface area contributed by atoms with Crippen LogP contribution in [-0.4, -0.2) is 48.3 Å². The number of rotatable bonds is 7. The van der Waals surface area contributed by atoms with E-state index in [0.29, 0.717) is 41.7 Å². The lowest BCUT2D eigenvalue weighted by Crippen LogP contribution is -2.31. The molecule has 0 unspecified atom stereocenters. The normalized spacial score (nSPS) is 18.6. The van der Waals surface area contributed by atoms with Crippen molar-refractivity contribution in [2.45, 2.75) is 42.5 Å². The summed E-state index contributed by atoms with van der Waals surface area (Å²) in [6, 6.07) is 21.0. The van der Waals surface area contributed by atoms with Gasteiger partial charge in [0.15, 0.2) is 0 Å². The van der Waals surface area contributed by atoms with Crippen LogP contribution in [0.2, 0.25) is 5.02 Å². The third-order valence-electron chi connectivity index (χ3n) is 7.01. The topological polar surface area (TPSA) is 86.8 Å². The summed E-state index contributed by atoms with van der Waals surface area (Å²) < 4.78 is 27.6. The van der Waals surface area contributed by atoms with Crippen LogP contribution in [0, 0.1) is 0 Å². The van der Waals surface area contributed by atoms with Crippen LogP contribution in [0.25, 0.3) is 0 Å². The molecule has 0 aromatic heterocycles. The van der Waals surface area contributed by atoms with Crippen molar-refractivity contribution in [1.29, 1.82) is 0 Å². The van der Waals surface area contributed by atoms with Crippen molar-refractivity contribution in [2.75, 3.05) is 24.2 Å².